The number of benzene rings is 2. The van der Waals surface area contributed by atoms with Gasteiger partial charge in [-0.15, -0.1) is 4.83 Å². The van der Waals surface area contributed by atoms with Crippen molar-refractivity contribution in [2.24, 2.45) is 0 Å². The zero-order valence-corrected chi connectivity index (χ0v) is 18.2. The number of hydrogen-bond acceptors (Lipinski definition) is 5. The first kappa shape index (κ1) is 22.7. The molecule has 0 unspecified atom stereocenters. The molecule has 0 heterocycles. The van der Waals surface area contributed by atoms with E-state index in [4.69, 9.17) is 9.47 Å². The van der Waals surface area contributed by atoms with Crippen molar-refractivity contribution in [3.8, 4) is 11.5 Å². The number of sulfonamides is 1. The van der Waals surface area contributed by atoms with Crippen LogP contribution in [0, 0.1) is 0 Å². The fourth-order valence-corrected chi connectivity index (χ4v) is 3.36. The molecule has 2 rings (SSSR count). The standard InChI is InChI=1S/C21H28N2O5S/c1-6-13-28-18-12-7-15(14-19(18)27-5)20(24)22-23-29(25,26)17-10-8-16(9-11-17)21(2,3)4/h7-12,14,23H,6,13H2,1-5H3,(H,22,24). The Morgan fingerprint density at radius 1 is 1.03 bits per heavy atom. The fourth-order valence-electron chi connectivity index (χ4n) is 2.52. The van der Waals surface area contributed by atoms with Crippen LogP contribution in [0.2, 0.25) is 0 Å². The lowest BCUT2D eigenvalue weighted by molar-refractivity contribution is 0.0944. The Morgan fingerprint density at radius 2 is 1.69 bits per heavy atom. The first-order valence-electron chi connectivity index (χ1n) is 9.32. The van der Waals surface area contributed by atoms with Crippen LogP contribution in [0.5, 0.6) is 11.5 Å². The first-order chi connectivity index (χ1) is 13.6. The predicted octanol–water partition coefficient (Wildman–Crippen LogP) is 3.40. The topological polar surface area (TPSA) is 93.7 Å². The molecule has 2 N–H and O–H groups in total. The number of ether oxygens (including phenoxy) is 2. The molecule has 158 valence electrons. The van der Waals surface area contributed by atoms with Crippen molar-refractivity contribution < 1.29 is 22.7 Å². The zero-order valence-electron chi connectivity index (χ0n) is 17.4. The van der Waals surface area contributed by atoms with Crippen LogP contribution in [-0.2, 0) is 15.4 Å². The van der Waals surface area contributed by atoms with E-state index in [0.29, 0.717) is 18.1 Å². The molecule has 0 fully saturated rings. The molecule has 0 aliphatic carbocycles. The van der Waals surface area contributed by atoms with Gasteiger partial charge in [-0.05, 0) is 47.7 Å². The minimum absolute atomic E-state index is 0.0618. The second-order valence-corrected chi connectivity index (χ2v) is 9.23. The highest BCUT2D eigenvalue weighted by Gasteiger charge is 2.19. The van der Waals surface area contributed by atoms with E-state index in [1.165, 1.54) is 31.4 Å². The third kappa shape index (κ3) is 5.95. The summed E-state index contributed by atoms with van der Waals surface area (Å²) in [4.78, 5) is 14.5. The van der Waals surface area contributed by atoms with Crippen molar-refractivity contribution in [1.82, 2.24) is 10.3 Å². The van der Waals surface area contributed by atoms with Crippen LogP contribution in [0.15, 0.2) is 47.4 Å². The van der Waals surface area contributed by atoms with E-state index in [2.05, 4.69) is 10.3 Å². The largest absolute Gasteiger partial charge is 0.493 e. The number of hydrazine groups is 1. The van der Waals surface area contributed by atoms with Crippen LogP contribution in [0.25, 0.3) is 0 Å². The highest BCUT2D eigenvalue weighted by Crippen LogP contribution is 2.28. The Hall–Kier alpha value is -2.58. The van der Waals surface area contributed by atoms with Crippen LogP contribution < -0.4 is 19.7 Å². The Labute approximate surface area is 172 Å². The summed E-state index contributed by atoms with van der Waals surface area (Å²) >= 11 is 0. The Kier molecular flexibility index (Phi) is 7.26. The van der Waals surface area contributed by atoms with Gasteiger partial charge in [-0.25, -0.2) is 8.42 Å². The van der Waals surface area contributed by atoms with Crippen molar-refractivity contribution >= 4 is 15.9 Å². The van der Waals surface area contributed by atoms with Gasteiger partial charge in [0.2, 0.25) is 0 Å². The summed E-state index contributed by atoms with van der Waals surface area (Å²) in [5.41, 5.74) is 3.38. The minimum atomic E-state index is -3.90. The second-order valence-electron chi connectivity index (χ2n) is 7.55. The fraction of sp³-hybridized carbons (Fsp3) is 0.381. The van der Waals surface area contributed by atoms with E-state index >= 15 is 0 Å². The molecule has 0 aliphatic rings. The van der Waals surface area contributed by atoms with Crippen molar-refractivity contribution in [2.45, 2.75) is 44.4 Å². The molecule has 0 saturated carbocycles. The summed E-state index contributed by atoms with van der Waals surface area (Å²) in [7, 11) is -2.43. The van der Waals surface area contributed by atoms with Gasteiger partial charge in [0.15, 0.2) is 11.5 Å². The van der Waals surface area contributed by atoms with Crippen molar-refractivity contribution in [2.75, 3.05) is 13.7 Å². The summed E-state index contributed by atoms with van der Waals surface area (Å²) < 4.78 is 35.7. The summed E-state index contributed by atoms with van der Waals surface area (Å²) in [5.74, 6) is 0.303. The highest BCUT2D eigenvalue weighted by molar-refractivity contribution is 7.89. The van der Waals surface area contributed by atoms with Crippen LogP contribution in [0.1, 0.15) is 50.0 Å². The Morgan fingerprint density at radius 3 is 2.24 bits per heavy atom. The molecule has 7 nitrogen and oxygen atoms in total. The van der Waals surface area contributed by atoms with E-state index in [9.17, 15) is 13.2 Å². The minimum Gasteiger partial charge on any atom is -0.493 e. The van der Waals surface area contributed by atoms with Crippen molar-refractivity contribution in [3.05, 3.63) is 53.6 Å². The van der Waals surface area contributed by atoms with Gasteiger partial charge in [-0.1, -0.05) is 39.8 Å². The van der Waals surface area contributed by atoms with E-state index in [-0.39, 0.29) is 15.9 Å². The number of carbonyl (C=O) groups excluding carboxylic acids is 1. The van der Waals surface area contributed by atoms with Gasteiger partial charge in [0, 0.05) is 5.56 Å². The Balaban J connectivity index is 2.09. The normalized spacial score (nSPS) is 11.8. The van der Waals surface area contributed by atoms with Gasteiger partial charge >= 0.3 is 0 Å². The Bertz CT molecular complexity index is 948. The molecule has 0 spiro atoms. The summed E-state index contributed by atoms with van der Waals surface area (Å²) in [6, 6.07) is 11.2. The number of carbonyl (C=O) groups is 1. The van der Waals surface area contributed by atoms with Crippen molar-refractivity contribution in [3.63, 3.8) is 0 Å². The average molecular weight is 421 g/mol. The first-order valence-corrected chi connectivity index (χ1v) is 10.8. The SMILES string of the molecule is CCCOc1ccc(C(=O)NNS(=O)(=O)c2ccc(C(C)(C)C)cc2)cc1OC. The third-order valence-electron chi connectivity index (χ3n) is 4.22. The van der Waals surface area contributed by atoms with E-state index in [0.717, 1.165) is 12.0 Å². The maximum atomic E-state index is 12.5. The monoisotopic (exact) mass is 420 g/mol. The van der Waals surface area contributed by atoms with E-state index in [1.54, 1.807) is 18.2 Å². The molecule has 0 bridgehead atoms. The molecule has 0 radical (unpaired) electrons. The molecule has 0 saturated heterocycles. The smallest absolute Gasteiger partial charge is 0.266 e. The second kappa shape index (κ2) is 9.28. The van der Waals surface area contributed by atoms with E-state index < -0.39 is 15.9 Å². The number of rotatable bonds is 8. The van der Waals surface area contributed by atoms with Crippen molar-refractivity contribution in [1.29, 1.82) is 0 Å². The maximum absolute atomic E-state index is 12.5. The number of hydrogen-bond donors (Lipinski definition) is 2. The highest BCUT2D eigenvalue weighted by atomic mass is 32.2. The van der Waals surface area contributed by atoms with Gasteiger partial charge in [0.25, 0.3) is 15.9 Å². The summed E-state index contributed by atoms with van der Waals surface area (Å²) in [6.45, 7) is 8.64. The zero-order chi connectivity index (χ0) is 21.7. The predicted molar refractivity (Wildman–Crippen MR) is 112 cm³/mol. The molecule has 0 aromatic heterocycles. The quantitative estimate of drug-likeness (QED) is 0.639. The van der Waals surface area contributed by atoms with Gasteiger partial charge in [0.05, 0.1) is 18.6 Å². The molecule has 29 heavy (non-hydrogen) atoms. The van der Waals surface area contributed by atoms with Gasteiger partial charge in [-0.3, -0.25) is 10.2 Å². The van der Waals surface area contributed by atoms with Gasteiger partial charge in [0.1, 0.15) is 0 Å². The van der Waals surface area contributed by atoms with Crippen LogP contribution in [0.3, 0.4) is 0 Å². The van der Waals surface area contributed by atoms with Crippen LogP contribution in [0.4, 0.5) is 0 Å². The van der Waals surface area contributed by atoms with Gasteiger partial charge < -0.3 is 9.47 Å². The summed E-state index contributed by atoms with van der Waals surface area (Å²) in [6.07, 6.45) is 0.837. The lowest BCUT2D eigenvalue weighted by Crippen LogP contribution is -2.41. The summed E-state index contributed by atoms with van der Waals surface area (Å²) in [5, 5.41) is 0. The number of nitrogens with one attached hydrogen (secondary N) is 2. The van der Waals surface area contributed by atoms with Crippen LogP contribution >= 0.6 is 0 Å². The van der Waals surface area contributed by atoms with E-state index in [1.807, 2.05) is 27.7 Å². The number of methoxy groups -OCH3 is 1. The third-order valence-corrected chi connectivity index (χ3v) is 5.48. The molecule has 8 heteroatoms. The molecular formula is C21H28N2O5S. The lowest BCUT2D eigenvalue weighted by atomic mass is 9.87. The molecule has 2 aromatic rings. The molecular weight excluding hydrogens is 392 g/mol. The lowest BCUT2D eigenvalue weighted by Gasteiger charge is -2.19. The van der Waals surface area contributed by atoms with Gasteiger partial charge in [-0.2, -0.15) is 0 Å². The molecule has 1 amide bonds. The molecule has 2 aromatic carbocycles. The average Bonchev–Trinajstić information content (AvgIpc) is 2.69. The number of amides is 1. The maximum Gasteiger partial charge on any atom is 0.266 e. The molecule has 0 atom stereocenters. The van der Waals surface area contributed by atoms with Crippen LogP contribution in [-0.4, -0.2) is 28.0 Å². The molecule has 0 aliphatic heterocycles.